The number of amides is 2. The Morgan fingerprint density at radius 2 is 2.10 bits per heavy atom. The molecule has 6 nitrogen and oxygen atoms in total. The van der Waals surface area contributed by atoms with Crippen molar-refractivity contribution in [2.75, 3.05) is 26.2 Å². The highest BCUT2D eigenvalue weighted by atomic mass is 16.4. The fourth-order valence-electron chi connectivity index (χ4n) is 4.26. The van der Waals surface area contributed by atoms with Crippen molar-refractivity contribution in [2.24, 2.45) is 11.8 Å². The van der Waals surface area contributed by atoms with Gasteiger partial charge in [-0.3, -0.25) is 4.79 Å². The molecule has 118 valence electrons. The summed E-state index contributed by atoms with van der Waals surface area (Å²) in [4.78, 5) is 27.8. The topological polar surface area (TPSA) is 72.9 Å². The van der Waals surface area contributed by atoms with E-state index < -0.39 is 5.97 Å². The van der Waals surface area contributed by atoms with Crippen LogP contribution in [0.4, 0.5) is 4.79 Å². The van der Waals surface area contributed by atoms with Crippen molar-refractivity contribution in [1.82, 2.24) is 15.1 Å². The van der Waals surface area contributed by atoms with Crippen LogP contribution in [0.15, 0.2) is 0 Å². The second-order valence-corrected chi connectivity index (χ2v) is 6.62. The Bertz CT molecular complexity index is 428. The summed E-state index contributed by atoms with van der Waals surface area (Å²) in [6.07, 6.45) is 3.55. The molecule has 2 bridgehead atoms. The van der Waals surface area contributed by atoms with Crippen LogP contribution in [0, 0.1) is 11.8 Å². The molecule has 0 aromatic heterocycles. The lowest BCUT2D eigenvalue weighted by atomic mass is 9.89. The number of carbonyl (C=O) groups excluding carboxylic acids is 1. The molecule has 3 fully saturated rings. The number of carboxylic acid groups (broad SMARTS) is 1. The normalized spacial score (nSPS) is 35.4. The second-order valence-electron chi connectivity index (χ2n) is 6.62. The molecule has 4 atom stereocenters. The van der Waals surface area contributed by atoms with Crippen molar-refractivity contribution in [3.63, 3.8) is 0 Å². The molecule has 0 aliphatic carbocycles. The van der Waals surface area contributed by atoms with Gasteiger partial charge < -0.3 is 20.2 Å². The third-order valence-corrected chi connectivity index (χ3v) is 5.45. The van der Waals surface area contributed by atoms with Gasteiger partial charge in [-0.25, -0.2) is 4.79 Å². The first-order chi connectivity index (χ1) is 10.1. The van der Waals surface area contributed by atoms with E-state index in [1.807, 2.05) is 4.90 Å². The smallest absolute Gasteiger partial charge is 0.317 e. The second kappa shape index (κ2) is 5.83. The maximum Gasteiger partial charge on any atom is 0.317 e. The number of carboxylic acids is 1. The van der Waals surface area contributed by atoms with Crippen molar-refractivity contribution < 1.29 is 14.7 Å². The van der Waals surface area contributed by atoms with Gasteiger partial charge in [-0.15, -0.1) is 0 Å². The SMILES string of the molecule is CCN1CCC(CNC(=O)N2C3CCC2C(C(=O)O)C3)C1. The molecule has 0 aromatic carbocycles. The third-order valence-electron chi connectivity index (χ3n) is 5.45. The molecule has 2 amide bonds. The molecule has 0 saturated carbocycles. The number of nitrogens with one attached hydrogen (secondary N) is 1. The first-order valence-corrected chi connectivity index (χ1v) is 8.11. The lowest BCUT2D eigenvalue weighted by Crippen LogP contribution is -2.45. The van der Waals surface area contributed by atoms with Crippen LogP contribution in [0.1, 0.15) is 32.6 Å². The summed E-state index contributed by atoms with van der Waals surface area (Å²) in [5, 5.41) is 12.3. The van der Waals surface area contributed by atoms with E-state index >= 15 is 0 Å². The zero-order valence-electron chi connectivity index (χ0n) is 12.6. The molecule has 0 aromatic rings. The Morgan fingerprint density at radius 3 is 2.71 bits per heavy atom. The summed E-state index contributed by atoms with van der Waals surface area (Å²) in [5.74, 6) is -0.588. The van der Waals surface area contributed by atoms with Gasteiger partial charge in [-0.1, -0.05) is 6.92 Å². The molecule has 3 heterocycles. The van der Waals surface area contributed by atoms with Gasteiger partial charge in [-0.05, 0) is 44.7 Å². The standard InChI is InChI=1S/C15H25N3O3/c1-2-17-6-5-10(9-17)8-16-15(21)18-11-3-4-13(18)12(7-11)14(19)20/h10-13H,2-9H2,1H3,(H,16,21)(H,19,20). The third kappa shape index (κ3) is 2.73. The number of carbonyl (C=O) groups is 2. The summed E-state index contributed by atoms with van der Waals surface area (Å²) in [6, 6.07) is -0.0174. The molecular formula is C15H25N3O3. The van der Waals surface area contributed by atoms with Crippen molar-refractivity contribution >= 4 is 12.0 Å². The summed E-state index contributed by atoms with van der Waals surface area (Å²) < 4.78 is 0. The molecule has 3 aliphatic heterocycles. The van der Waals surface area contributed by atoms with Crippen molar-refractivity contribution in [2.45, 2.75) is 44.7 Å². The van der Waals surface area contributed by atoms with Crippen LogP contribution in [0.2, 0.25) is 0 Å². The minimum atomic E-state index is -0.755. The highest BCUT2D eigenvalue weighted by Crippen LogP contribution is 2.41. The predicted octanol–water partition coefficient (Wildman–Crippen LogP) is 0.975. The zero-order chi connectivity index (χ0) is 15.0. The minimum Gasteiger partial charge on any atom is -0.481 e. The Kier molecular flexibility index (Phi) is 4.06. The largest absolute Gasteiger partial charge is 0.481 e. The summed E-state index contributed by atoms with van der Waals surface area (Å²) in [6.45, 7) is 6.12. The molecular weight excluding hydrogens is 270 g/mol. The van der Waals surface area contributed by atoms with Gasteiger partial charge in [0, 0.05) is 25.2 Å². The van der Waals surface area contributed by atoms with E-state index in [2.05, 4.69) is 17.1 Å². The first-order valence-electron chi connectivity index (χ1n) is 8.11. The lowest BCUT2D eigenvalue weighted by molar-refractivity contribution is -0.142. The fraction of sp³-hybridized carbons (Fsp3) is 0.867. The van der Waals surface area contributed by atoms with E-state index in [1.165, 1.54) is 0 Å². The highest BCUT2D eigenvalue weighted by molar-refractivity contribution is 5.79. The molecule has 0 radical (unpaired) electrons. The van der Waals surface area contributed by atoms with Crippen LogP contribution >= 0.6 is 0 Å². The maximum absolute atomic E-state index is 12.4. The minimum absolute atomic E-state index is 0.0544. The molecule has 3 rings (SSSR count). The zero-order valence-corrected chi connectivity index (χ0v) is 12.6. The van der Waals surface area contributed by atoms with Gasteiger partial charge in [0.1, 0.15) is 0 Å². The van der Waals surface area contributed by atoms with Crippen molar-refractivity contribution in [1.29, 1.82) is 0 Å². The number of aliphatic carboxylic acids is 1. The van der Waals surface area contributed by atoms with E-state index in [1.54, 1.807) is 0 Å². The number of hydrogen-bond acceptors (Lipinski definition) is 3. The summed E-state index contributed by atoms with van der Waals surface area (Å²) in [7, 11) is 0. The van der Waals surface area contributed by atoms with E-state index in [9.17, 15) is 14.7 Å². The van der Waals surface area contributed by atoms with Crippen LogP contribution in [-0.4, -0.2) is 65.2 Å². The van der Waals surface area contributed by atoms with Gasteiger partial charge in [0.25, 0.3) is 0 Å². The van der Waals surface area contributed by atoms with E-state index in [4.69, 9.17) is 0 Å². The fourth-order valence-corrected chi connectivity index (χ4v) is 4.26. The molecule has 0 spiro atoms. The maximum atomic E-state index is 12.4. The lowest BCUT2D eigenvalue weighted by Gasteiger charge is -2.24. The molecule has 21 heavy (non-hydrogen) atoms. The Balaban J connectivity index is 1.51. The van der Waals surface area contributed by atoms with Gasteiger partial charge >= 0.3 is 12.0 Å². The molecule has 4 unspecified atom stereocenters. The molecule has 2 N–H and O–H groups in total. The van der Waals surface area contributed by atoms with Crippen LogP contribution in [0.25, 0.3) is 0 Å². The summed E-state index contributed by atoms with van der Waals surface area (Å²) >= 11 is 0. The van der Waals surface area contributed by atoms with Gasteiger partial charge in [0.15, 0.2) is 0 Å². The van der Waals surface area contributed by atoms with Gasteiger partial charge in [-0.2, -0.15) is 0 Å². The number of rotatable bonds is 4. The van der Waals surface area contributed by atoms with E-state index in [-0.39, 0.29) is 24.0 Å². The average Bonchev–Trinajstić information content (AvgIpc) is 3.18. The highest BCUT2D eigenvalue weighted by Gasteiger charge is 2.51. The Labute approximate surface area is 125 Å². The molecule has 3 saturated heterocycles. The van der Waals surface area contributed by atoms with Crippen LogP contribution < -0.4 is 5.32 Å². The van der Waals surface area contributed by atoms with Crippen LogP contribution in [-0.2, 0) is 4.79 Å². The van der Waals surface area contributed by atoms with E-state index in [0.717, 1.165) is 38.9 Å². The van der Waals surface area contributed by atoms with Crippen molar-refractivity contribution in [3.05, 3.63) is 0 Å². The van der Waals surface area contributed by atoms with Crippen LogP contribution in [0.3, 0.4) is 0 Å². The quantitative estimate of drug-likeness (QED) is 0.811. The number of fused-ring (bicyclic) bond motifs is 2. The number of hydrogen-bond donors (Lipinski definition) is 2. The van der Waals surface area contributed by atoms with E-state index in [0.29, 0.717) is 18.9 Å². The van der Waals surface area contributed by atoms with Gasteiger partial charge in [0.2, 0.25) is 0 Å². The molecule has 6 heteroatoms. The first kappa shape index (κ1) is 14.6. The van der Waals surface area contributed by atoms with Gasteiger partial charge in [0.05, 0.1) is 5.92 Å². The number of urea groups is 1. The van der Waals surface area contributed by atoms with Crippen LogP contribution in [0.5, 0.6) is 0 Å². The monoisotopic (exact) mass is 295 g/mol. The predicted molar refractivity (Wildman–Crippen MR) is 78.0 cm³/mol. The molecule has 3 aliphatic rings. The Morgan fingerprint density at radius 1 is 1.29 bits per heavy atom. The number of likely N-dealkylation sites (tertiary alicyclic amines) is 1. The Hall–Kier alpha value is -1.30. The number of nitrogens with zero attached hydrogens (tertiary/aromatic N) is 2. The summed E-state index contributed by atoms with van der Waals surface area (Å²) in [5.41, 5.74) is 0. The van der Waals surface area contributed by atoms with Crippen molar-refractivity contribution in [3.8, 4) is 0 Å². The average molecular weight is 295 g/mol.